The Morgan fingerprint density at radius 1 is 1.23 bits per heavy atom. The number of ether oxygens (including phenoxy) is 2. The van der Waals surface area contributed by atoms with Gasteiger partial charge in [-0.2, -0.15) is 0 Å². The van der Waals surface area contributed by atoms with Gasteiger partial charge in [0.25, 0.3) is 0 Å². The molecule has 0 saturated heterocycles. The van der Waals surface area contributed by atoms with Crippen LogP contribution in [0.5, 0.6) is 0 Å². The molecule has 0 aromatic heterocycles. The first-order valence-corrected chi connectivity index (χ1v) is 10.1. The SMILES string of the molecule is COC[C@@]1(OC)CC[C@@H]2C1=C[C@]1(C)C(=C(C(C)C)C[C@@H]1O)C[C@H](O)[C@@H]2C. The largest absolute Gasteiger partial charge is 0.392 e. The summed E-state index contributed by atoms with van der Waals surface area (Å²) in [4.78, 5) is 0. The highest BCUT2D eigenvalue weighted by atomic mass is 16.5. The Morgan fingerprint density at radius 3 is 2.50 bits per heavy atom. The van der Waals surface area contributed by atoms with E-state index in [-0.39, 0.29) is 11.8 Å². The molecule has 2 N–H and O–H groups in total. The summed E-state index contributed by atoms with van der Waals surface area (Å²) >= 11 is 0. The third-order valence-corrected chi connectivity index (χ3v) is 7.50. The van der Waals surface area contributed by atoms with Crippen LogP contribution in [0.2, 0.25) is 0 Å². The molecule has 0 spiro atoms. The summed E-state index contributed by atoms with van der Waals surface area (Å²) in [5.74, 6) is 0.819. The Kier molecular flexibility index (Phi) is 5.44. The maximum atomic E-state index is 11.0. The highest BCUT2D eigenvalue weighted by molar-refractivity contribution is 5.42. The lowest BCUT2D eigenvalue weighted by molar-refractivity contribution is -0.0360. The molecule has 1 fully saturated rings. The molecule has 26 heavy (non-hydrogen) atoms. The van der Waals surface area contributed by atoms with Gasteiger partial charge in [-0.15, -0.1) is 0 Å². The summed E-state index contributed by atoms with van der Waals surface area (Å²) in [5.41, 5.74) is 2.89. The molecule has 148 valence electrons. The average Bonchev–Trinajstić information content (AvgIpc) is 3.05. The van der Waals surface area contributed by atoms with E-state index in [9.17, 15) is 10.2 Å². The van der Waals surface area contributed by atoms with Crippen molar-refractivity contribution in [2.24, 2.45) is 23.2 Å². The van der Waals surface area contributed by atoms with Crippen LogP contribution in [-0.4, -0.2) is 48.8 Å². The van der Waals surface area contributed by atoms with Gasteiger partial charge in [-0.25, -0.2) is 0 Å². The van der Waals surface area contributed by atoms with Gasteiger partial charge in [0, 0.05) is 19.6 Å². The van der Waals surface area contributed by atoms with Crippen LogP contribution >= 0.6 is 0 Å². The van der Waals surface area contributed by atoms with Gasteiger partial charge in [0.15, 0.2) is 0 Å². The number of hydrogen-bond donors (Lipinski definition) is 2. The number of hydrogen-bond acceptors (Lipinski definition) is 4. The van der Waals surface area contributed by atoms with Crippen LogP contribution in [0.15, 0.2) is 22.8 Å². The monoisotopic (exact) mass is 364 g/mol. The molecule has 6 atom stereocenters. The average molecular weight is 365 g/mol. The van der Waals surface area contributed by atoms with Crippen molar-refractivity contribution in [3.63, 3.8) is 0 Å². The maximum Gasteiger partial charge on any atom is 0.112 e. The predicted molar refractivity (Wildman–Crippen MR) is 103 cm³/mol. The van der Waals surface area contributed by atoms with Gasteiger partial charge < -0.3 is 19.7 Å². The van der Waals surface area contributed by atoms with E-state index < -0.39 is 23.2 Å². The normalized spacial score (nSPS) is 43.2. The van der Waals surface area contributed by atoms with Crippen molar-refractivity contribution in [2.45, 2.75) is 71.2 Å². The highest BCUT2D eigenvalue weighted by Gasteiger charge is 2.53. The number of aliphatic hydroxyl groups excluding tert-OH is 2. The summed E-state index contributed by atoms with van der Waals surface area (Å²) in [6, 6.07) is 0. The van der Waals surface area contributed by atoms with Crippen molar-refractivity contribution < 1.29 is 19.7 Å². The third kappa shape index (κ3) is 2.90. The summed E-state index contributed by atoms with van der Waals surface area (Å²) in [6.45, 7) is 9.18. The summed E-state index contributed by atoms with van der Waals surface area (Å²) < 4.78 is 11.5. The molecule has 0 radical (unpaired) electrons. The lowest BCUT2D eigenvalue weighted by Crippen LogP contribution is -2.41. The smallest absolute Gasteiger partial charge is 0.112 e. The first kappa shape index (κ1) is 20.1. The molecule has 3 aliphatic carbocycles. The van der Waals surface area contributed by atoms with Gasteiger partial charge in [-0.3, -0.25) is 0 Å². The molecule has 0 aromatic carbocycles. The van der Waals surface area contributed by atoms with E-state index in [2.05, 4.69) is 33.8 Å². The van der Waals surface area contributed by atoms with E-state index >= 15 is 0 Å². The fourth-order valence-corrected chi connectivity index (χ4v) is 5.67. The van der Waals surface area contributed by atoms with Crippen LogP contribution < -0.4 is 0 Å². The van der Waals surface area contributed by atoms with E-state index in [1.165, 1.54) is 16.7 Å². The van der Waals surface area contributed by atoms with Gasteiger partial charge in [0.05, 0.1) is 18.8 Å². The zero-order valence-corrected chi connectivity index (χ0v) is 17.2. The van der Waals surface area contributed by atoms with E-state index in [4.69, 9.17) is 9.47 Å². The second kappa shape index (κ2) is 7.05. The zero-order valence-electron chi connectivity index (χ0n) is 17.2. The van der Waals surface area contributed by atoms with Crippen LogP contribution in [-0.2, 0) is 9.47 Å². The van der Waals surface area contributed by atoms with Gasteiger partial charge >= 0.3 is 0 Å². The Morgan fingerprint density at radius 2 is 1.92 bits per heavy atom. The summed E-state index contributed by atoms with van der Waals surface area (Å²) in [7, 11) is 3.47. The molecule has 0 aliphatic heterocycles. The molecule has 0 heterocycles. The summed E-state index contributed by atoms with van der Waals surface area (Å²) in [5, 5.41) is 22.1. The van der Waals surface area contributed by atoms with Crippen molar-refractivity contribution in [2.75, 3.05) is 20.8 Å². The van der Waals surface area contributed by atoms with Crippen molar-refractivity contribution >= 4 is 0 Å². The van der Waals surface area contributed by atoms with E-state index in [1.807, 2.05) is 0 Å². The van der Waals surface area contributed by atoms with Crippen LogP contribution in [0.25, 0.3) is 0 Å². The minimum absolute atomic E-state index is 0.165. The van der Waals surface area contributed by atoms with Gasteiger partial charge in [-0.05, 0) is 55.9 Å². The minimum atomic E-state index is -0.445. The van der Waals surface area contributed by atoms with Crippen LogP contribution in [0.3, 0.4) is 0 Å². The van der Waals surface area contributed by atoms with Crippen molar-refractivity contribution in [1.82, 2.24) is 0 Å². The van der Waals surface area contributed by atoms with Crippen molar-refractivity contribution in [1.29, 1.82) is 0 Å². The van der Waals surface area contributed by atoms with Gasteiger partial charge in [0.1, 0.15) is 5.60 Å². The first-order valence-electron chi connectivity index (χ1n) is 10.1. The Labute approximate surface area is 158 Å². The molecule has 4 nitrogen and oxygen atoms in total. The van der Waals surface area contributed by atoms with E-state index in [0.29, 0.717) is 25.4 Å². The van der Waals surface area contributed by atoms with Crippen LogP contribution in [0, 0.1) is 23.2 Å². The Balaban J connectivity index is 2.19. The lowest BCUT2D eigenvalue weighted by atomic mass is 9.68. The molecule has 0 unspecified atom stereocenters. The first-order chi connectivity index (χ1) is 12.2. The standard InChI is InChI=1S/C22H36O4/c1-13(2)16-9-20(24)21(4)11-18-15(14(3)19(23)10-17(16)21)7-8-22(18,26-6)12-25-5/h11,13-15,19-20,23-24H,7-10,12H2,1-6H3/t14-,15+,19+,20+,21-,22+/m1/s1. The molecule has 0 bridgehead atoms. The zero-order chi connectivity index (χ0) is 19.3. The molecule has 3 aliphatic rings. The number of rotatable bonds is 4. The van der Waals surface area contributed by atoms with Crippen molar-refractivity contribution in [3.8, 4) is 0 Å². The quantitative estimate of drug-likeness (QED) is 0.750. The number of fused-ring (bicyclic) bond motifs is 2. The number of methoxy groups -OCH3 is 2. The second-order valence-electron chi connectivity index (χ2n) is 9.17. The molecule has 4 heteroatoms. The molecule has 0 aromatic rings. The fraction of sp³-hybridized carbons (Fsp3) is 0.818. The molecular weight excluding hydrogens is 328 g/mol. The van der Waals surface area contributed by atoms with E-state index in [0.717, 1.165) is 12.8 Å². The number of aliphatic hydroxyl groups is 2. The highest BCUT2D eigenvalue weighted by Crippen LogP contribution is 2.56. The topological polar surface area (TPSA) is 58.9 Å². The van der Waals surface area contributed by atoms with Gasteiger partial charge in [-0.1, -0.05) is 38.0 Å². The predicted octanol–water partition coefficient (Wildman–Crippen LogP) is 3.48. The Hall–Kier alpha value is -0.680. The summed E-state index contributed by atoms with van der Waals surface area (Å²) in [6.07, 6.45) is 4.70. The maximum absolute atomic E-state index is 11.0. The van der Waals surface area contributed by atoms with Crippen LogP contribution in [0.4, 0.5) is 0 Å². The fourth-order valence-electron chi connectivity index (χ4n) is 5.67. The minimum Gasteiger partial charge on any atom is -0.392 e. The van der Waals surface area contributed by atoms with E-state index in [1.54, 1.807) is 14.2 Å². The van der Waals surface area contributed by atoms with Gasteiger partial charge in [0.2, 0.25) is 0 Å². The molecular formula is C22H36O4. The lowest BCUT2D eigenvalue weighted by Gasteiger charge is -2.40. The molecule has 0 amide bonds. The second-order valence-corrected chi connectivity index (χ2v) is 9.17. The van der Waals surface area contributed by atoms with Crippen molar-refractivity contribution in [3.05, 3.63) is 22.8 Å². The third-order valence-electron chi connectivity index (χ3n) is 7.50. The molecule has 1 saturated carbocycles. The molecule has 3 rings (SSSR count). The Bertz CT molecular complexity index is 607. The van der Waals surface area contributed by atoms with Crippen LogP contribution in [0.1, 0.15) is 53.4 Å².